The number of hydrogen-bond acceptors (Lipinski definition) is 4. The first-order valence-electron chi connectivity index (χ1n) is 6.71. The zero-order chi connectivity index (χ0) is 15.3. The number of hydrazine groups is 1. The van der Waals surface area contributed by atoms with Crippen molar-refractivity contribution in [3.8, 4) is 0 Å². The predicted molar refractivity (Wildman–Crippen MR) is 81.7 cm³/mol. The number of hydrogen-bond donors (Lipinski definition) is 2. The Hall–Kier alpha value is -1.75. The molecule has 0 heterocycles. The average Bonchev–Trinajstić information content (AvgIpc) is 2.34. The highest BCUT2D eigenvalue weighted by atomic mass is 16.6. The van der Waals surface area contributed by atoms with Crippen molar-refractivity contribution in [2.75, 3.05) is 19.0 Å². The molecule has 0 aliphatic carbocycles. The number of nitrogens with zero attached hydrogens (tertiary/aromatic N) is 1. The van der Waals surface area contributed by atoms with Crippen molar-refractivity contribution in [1.82, 2.24) is 10.9 Å². The molecule has 0 aromatic heterocycles. The summed E-state index contributed by atoms with van der Waals surface area (Å²) in [6, 6.07) is 8.15. The Kier molecular flexibility index (Phi) is 5.39. The summed E-state index contributed by atoms with van der Waals surface area (Å²) >= 11 is 0. The van der Waals surface area contributed by atoms with Gasteiger partial charge >= 0.3 is 6.09 Å². The molecule has 1 rings (SSSR count). The Labute approximate surface area is 121 Å². The van der Waals surface area contributed by atoms with Crippen LogP contribution in [0.1, 0.15) is 39.3 Å². The minimum atomic E-state index is -0.498. The first-order valence-corrected chi connectivity index (χ1v) is 6.71. The molecule has 0 radical (unpaired) electrons. The van der Waals surface area contributed by atoms with E-state index in [1.807, 2.05) is 71.0 Å². The molecule has 1 atom stereocenters. The highest BCUT2D eigenvalue weighted by Crippen LogP contribution is 2.17. The Morgan fingerprint density at radius 1 is 1.20 bits per heavy atom. The lowest BCUT2D eigenvalue weighted by atomic mass is 10.1. The van der Waals surface area contributed by atoms with E-state index in [9.17, 15) is 4.79 Å². The first-order chi connectivity index (χ1) is 9.19. The van der Waals surface area contributed by atoms with Gasteiger partial charge in [0.05, 0.1) is 0 Å². The van der Waals surface area contributed by atoms with Gasteiger partial charge in [-0.1, -0.05) is 12.1 Å². The number of anilines is 1. The summed E-state index contributed by atoms with van der Waals surface area (Å²) in [6.45, 7) is 7.46. The molecule has 0 fully saturated rings. The van der Waals surface area contributed by atoms with E-state index in [1.54, 1.807) is 0 Å². The fourth-order valence-electron chi connectivity index (χ4n) is 1.62. The predicted octanol–water partition coefficient (Wildman–Crippen LogP) is 2.84. The number of nitrogens with one attached hydrogen (secondary N) is 2. The molecule has 5 heteroatoms. The van der Waals surface area contributed by atoms with Gasteiger partial charge in [0.25, 0.3) is 0 Å². The highest BCUT2D eigenvalue weighted by molar-refractivity contribution is 5.67. The van der Waals surface area contributed by atoms with Gasteiger partial charge in [0.1, 0.15) is 5.60 Å². The van der Waals surface area contributed by atoms with Crippen LogP contribution in [0.3, 0.4) is 0 Å². The summed E-state index contributed by atoms with van der Waals surface area (Å²) in [7, 11) is 4.00. The molecule has 20 heavy (non-hydrogen) atoms. The molecule has 0 aliphatic heterocycles. The van der Waals surface area contributed by atoms with Crippen molar-refractivity contribution in [2.45, 2.75) is 39.3 Å². The molecule has 0 saturated carbocycles. The normalized spacial score (nSPS) is 12.7. The number of rotatable bonds is 4. The van der Waals surface area contributed by atoms with Crippen LogP contribution in [-0.4, -0.2) is 25.8 Å². The van der Waals surface area contributed by atoms with Gasteiger partial charge in [-0.15, -0.1) is 0 Å². The Bertz CT molecular complexity index is 435. The van der Waals surface area contributed by atoms with Crippen LogP contribution in [0.5, 0.6) is 0 Å². The Morgan fingerprint density at radius 2 is 1.75 bits per heavy atom. The molecule has 5 nitrogen and oxygen atoms in total. The average molecular weight is 279 g/mol. The summed E-state index contributed by atoms with van der Waals surface area (Å²) in [4.78, 5) is 13.6. The largest absolute Gasteiger partial charge is 0.443 e. The van der Waals surface area contributed by atoms with Gasteiger partial charge in [-0.2, -0.15) is 0 Å². The molecule has 0 bridgehead atoms. The van der Waals surface area contributed by atoms with E-state index in [0.29, 0.717) is 0 Å². The summed E-state index contributed by atoms with van der Waals surface area (Å²) in [5.41, 5.74) is 7.22. The molecule has 0 saturated heterocycles. The van der Waals surface area contributed by atoms with Gasteiger partial charge in [-0.25, -0.2) is 10.2 Å². The third kappa shape index (κ3) is 5.48. The van der Waals surface area contributed by atoms with E-state index in [0.717, 1.165) is 11.3 Å². The maximum absolute atomic E-state index is 11.5. The molecule has 112 valence electrons. The standard InChI is InChI=1S/C15H25N3O2/c1-11(16-17-14(19)20-15(2,3)4)12-7-9-13(10-8-12)18(5)6/h7-11,16H,1-6H3,(H,17,19). The van der Waals surface area contributed by atoms with Crippen LogP contribution in [0.15, 0.2) is 24.3 Å². The van der Waals surface area contributed by atoms with Crippen LogP contribution in [0.4, 0.5) is 10.5 Å². The van der Waals surface area contributed by atoms with Crippen LogP contribution >= 0.6 is 0 Å². The molecule has 0 aliphatic rings. The van der Waals surface area contributed by atoms with Crippen molar-refractivity contribution >= 4 is 11.8 Å². The lowest BCUT2D eigenvalue weighted by molar-refractivity contribution is 0.0489. The topological polar surface area (TPSA) is 53.6 Å². The van der Waals surface area contributed by atoms with E-state index in [4.69, 9.17) is 4.74 Å². The van der Waals surface area contributed by atoms with Crippen LogP contribution < -0.4 is 15.8 Å². The SMILES string of the molecule is CC(NNC(=O)OC(C)(C)C)c1ccc(N(C)C)cc1. The first kappa shape index (κ1) is 16.3. The zero-order valence-electron chi connectivity index (χ0n) is 13.2. The Balaban J connectivity index is 2.50. The number of carbonyl (C=O) groups is 1. The molecular formula is C15H25N3O2. The van der Waals surface area contributed by atoms with Gasteiger partial charge in [0.2, 0.25) is 0 Å². The molecular weight excluding hydrogens is 254 g/mol. The lowest BCUT2D eigenvalue weighted by Crippen LogP contribution is -2.42. The third-order valence-electron chi connectivity index (χ3n) is 2.70. The zero-order valence-corrected chi connectivity index (χ0v) is 13.2. The minimum absolute atomic E-state index is 0.00118. The minimum Gasteiger partial charge on any atom is -0.443 e. The van der Waals surface area contributed by atoms with Gasteiger partial charge in [-0.3, -0.25) is 5.43 Å². The summed E-state index contributed by atoms with van der Waals surface area (Å²) in [5, 5.41) is 0. The quantitative estimate of drug-likeness (QED) is 0.832. The van der Waals surface area contributed by atoms with Crippen molar-refractivity contribution in [3.05, 3.63) is 29.8 Å². The van der Waals surface area contributed by atoms with Crippen LogP contribution in [-0.2, 0) is 4.74 Å². The molecule has 0 spiro atoms. The van der Waals surface area contributed by atoms with Gasteiger partial charge in [-0.05, 0) is 45.4 Å². The van der Waals surface area contributed by atoms with Crippen molar-refractivity contribution < 1.29 is 9.53 Å². The Morgan fingerprint density at radius 3 is 2.20 bits per heavy atom. The van der Waals surface area contributed by atoms with Crippen LogP contribution in [0, 0.1) is 0 Å². The van der Waals surface area contributed by atoms with Gasteiger partial charge in [0, 0.05) is 25.8 Å². The molecule has 2 N–H and O–H groups in total. The maximum atomic E-state index is 11.5. The second-order valence-corrected chi connectivity index (χ2v) is 5.98. The molecule has 1 unspecified atom stereocenters. The fourth-order valence-corrected chi connectivity index (χ4v) is 1.62. The van der Waals surface area contributed by atoms with E-state index in [-0.39, 0.29) is 6.04 Å². The van der Waals surface area contributed by atoms with Crippen molar-refractivity contribution in [1.29, 1.82) is 0 Å². The summed E-state index contributed by atoms with van der Waals surface area (Å²) < 4.78 is 5.16. The third-order valence-corrected chi connectivity index (χ3v) is 2.70. The van der Waals surface area contributed by atoms with E-state index < -0.39 is 11.7 Å². The lowest BCUT2D eigenvalue weighted by Gasteiger charge is -2.21. The second-order valence-electron chi connectivity index (χ2n) is 5.98. The summed E-state index contributed by atoms with van der Waals surface area (Å²) in [6.07, 6.45) is -0.478. The highest BCUT2D eigenvalue weighted by Gasteiger charge is 2.16. The number of amides is 1. The van der Waals surface area contributed by atoms with Gasteiger partial charge < -0.3 is 9.64 Å². The number of ether oxygens (including phenoxy) is 1. The van der Waals surface area contributed by atoms with Crippen molar-refractivity contribution in [2.24, 2.45) is 0 Å². The second kappa shape index (κ2) is 6.61. The van der Waals surface area contributed by atoms with Gasteiger partial charge in [0.15, 0.2) is 0 Å². The monoisotopic (exact) mass is 279 g/mol. The smallest absolute Gasteiger partial charge is 0.422 e. The fraction of sp³-hybridized carbons (Fsp3) is 0.533. The van der Waals surface area contributed by atoms with Crippen LogP contribution in [0.25, 0.3) is 0 Å². The number of carbonyl (C=O) groups excluding carboxylic acids is 1. The van der Waals surface area contributed by atoms with Crippen LogP contribution in [0.2, 0.25) is 0 Å². The van der Waals surface area contributed by atoms with E-state index >= 15 is 0 Å². The summed E-state index contributed by atoms with van der Waals surface area (Å²) in [5.74, 6) is 0. The maximum Gasteiger partial charge on any atom is 0.422 e. The van der Waals surface area contributed by atoms with E-state index in [2.05, 4.69) is 10.9 Å². The van der Waals surface area contributed by atoms with Crippen molar-refractivity contribution in [3.63, 3.8) is 0 Å². The molecule has 1 aromatic carbocycles. The molecule has 1 amide bonds. The number of benzene rings is 1. The van der Waals surface area contributed by atoms with E-state index in [1.165, 1.54) is 0 Å². The molecule has 1 aromatic rings.